The van der Waals surface area contributed by atoms with E-state index in [2.05, 4.69) is 25.4 Å². The number of aromatic nitrogens is 7. The third kappa shape index (κ3) is 2.74. The third-order valence-electron chi connectivity index (χ3n) is 5.15. The molecule has 0 radical (unpaired) electrons. The van der Waals surface area contributed by atoms with E-state index in [-0.39, 0.29) is 11.6 Å². The molecule has 5 rings (SSSR count). The number of imidazole rings is 1. The van der Waals surface area contributed by atoms with Crippen molar-refractivity contribution in [2.24, 2.45) is 7.05 Å². The molecule has 0 unspecified atom stereocenters. The molecule has 5 aromatic rings. The molecule has 0 aliphatic rings. The first-order valence-corrected chi connectivity index (χ1v) is 9.18. The molecular formula is C20H16FN7O3. The lowest BCUT2D eigenvalue weighted by Gasteiger charge is -2.11. The lowest BCUT2D eigenvalue weighted by Crippen LogP contribution is -2.22. The number of hydrogen-bond acceptors (Lipinski definition) is 7. The monoisotopic (exact) mass is 421 g/mol. The summed E-state index contributed by atoms with van der Waals surface area (Å²) in [5.74, 6) is -0.0290. The first-order valence-electron chi connectivity index (χ1n) is 9.18. The summed E-state index contributed by atoms with van der Waals surface area (Å²) >= 11 is 0. The standard InChI is InChI=1S/C20H16FN7O3/c1-27-16-9-22-14-6-17(31-3)11(15-8-24-26-25-15)5-12(14)18(16)28(20(27)29)19-13(21)4-10(30-2)7-23-19/h4-9H,1-3H3,(H,24,25,26). The predicted molar refractivity (Wildman–Crippen MR) is 110 cm³/mol. The Morgan fingerprint density at radius 1 is 1.06 bits per heavy atom. The van der Waals surface area contributed by atoms with Crippen LogP contribution in [0, 0.1) is 5.82 Å². The number of H-pyrrole nitrogens is 1. The number of hydrogen-bond donors (Lipinski definition) is 1. The van der Waals surface area contributed by atoms with Crippen molar-refractivity contribution in [2.45, 2.75) is 0 Å². The lowest BCUT2D eigenvalue weighted by atomic mass is 10.1. The van der Waals surface area contributed by atoms with Crippen LogP contribution in [0.5, 0.6) is 11.5 Å². The maximum atomic E-state index is 14.9. The van der Waals surface area contributed by atoms with Gasteiger partial charge in [0.2, 0.25) is 0 Å². The fourth-order valence-electron chi connectivity index (χ4n) is 3.62. The number of aromatic amines is 1. The average molecular weight is 421 g/mol. The van der Waals surface area contributed by atoms with Gasteiger partial charge in [0.05, 0.1) is 55.1 Å². The SMILES string of the molecule is COc1cnc(-n2c(=O)n(C)c3cnc4cc(OC)c(-c5cnn[nH]5)cc4c32)c(F)c1. The molecule has 1 N–H and O–H groups in total. The molecule has 0 saturated carbocycles. The third-order valence-corrected chi connectivity index (χ3v) is 5.15. The number of methoxy groups -OCH3 is 2. The molecule has 0 aliphatic heterocycles. The fourth-order valence-corrected chi connectivity index (χ4v) is 3.62. The molecule has 0 fully saturated rings. The maximum Gasteiger partial charge on any atom is 0.334 e. The van der Waals surface area contributed by atoms with E-state index < -0.39 is 11.5 Å². The van der Waals surface area contributed by atoms with Gasteiger partial charge in [0, 0.05) is 30.1 Å². The number of benzene rings is 1. The lowest BCUT2D eigenvalue weighted by molar-refractivity contribution is 0.408. The normalized spacial score (nSPS) is 11.4. The van der Waals surface area contributed by atoms with Crippen LogP contribution in [0.25, 0.3) is 39.0 Å². The van der Waals surface area contributed by atoms with Crippen molar-refractivity contribution in [2.75, 3.05) is 14.2 Å². The molecule has 4 aromatic heterocycles. The van der Waals surface area contributed by atoms with Crippen LogP contribution in [-0.4, -0.2) is 48.7 Å². The van der Waals surface area contributed by atoms with Crippen molar-refractivity contribution >= 4 is 21.9 Å². The number of rotatable bonds is 4. The molecule has 4 heterocycles. The molecule has 156 valence electrons. The summed E-state index contributed by atoms with van der Waals surface area (Å²) in [6.45, 7) is 0. The average Bonchev–Trinajstić information content (AvgIpc) is 3.40. The van der Waals surface area contributed by atoms with Crippen LogP contribution < -0.4 is 15.2 Å². The van der Waals surface area contributed by atoms with Gasteiger partial charge in [0.1, 0.15) is 11.5 Å². The highest BCUT2D eigenvalue weighted by Gasteiger charge is 2.21. The summed E-state index contributed by atoms with van der Waals surface area (Å²) < 4.78 is 28.1. The number of halogens is 1. The van der Waals surface area contributed by atoms with E-state index in [1.54, 1.807) is 38.7 Å². The van der Waals surface area contributed by atoms with Gasteiger partial charge in [0.25, 0.3) is 0 Å². The summed E-state index contributed by atoms with van der Waals surface area (Å²) in [6, 6.07) is 4.72. The first kappa shape index (κ1) is 18.7. The molecule has 0 saturated heterocycles. The number of nitrogens with zero attached hydrogens (tertiary/aromatic N) is 6. The van der Waals surface area contributed by atoms with Gasteiger partial charge in [0.15, 0.2) is 11.6 Å². The van der Waals surface area contributed by atoms with E-state index in [4.69, 9.17) is 9.47 Å². The zero-order chi connectivity index (χ0) is 21.7. The molecule has 0 aliphatic carbocycles. The van der Waals surface area contributed by atoms with Crippen molar-refractivity contribution in [3.63, 3.8) is 0 Å². The fraction of sp³-hybridized carbons (Fsp3) is 0.150. The summed E-state index contributed by atoms with van der Waals surface area (Å²) in [6.07, 6.45) is 4.48. The first-order chi connectivity index (χ1) is 15.0. The van der Waals surface area contributed by atoms with Gasteiger partial charge in [-0.3, -0.25) is 14.6 Å². The van der Waals surface area contributed by atoms with Gasteiger partial charge >= 0.3 is 5.69 Å². The second-order valence-corrected chi connectivity index (χ2v) is 6.79. The summed E-state index contributed by atoms with van der Waals surface area (Å²) in [5, 5.41) is 11.0. The number of fused-ring (bicyclic) bond motifs is 3. The van der Waals surface area contributed by atoms with Crippen LogP contribution in [0.1, 0.15) is 0 Å². The second kappa shape index (κ2) is 6.90. The van der Waals surface area contributed by atoms with Crippen molar-refractivity contribution in [3.8, 4) is 28.6 Å². The van der Waals surface area contributed by atoms with Gasteiger partial charge < -0.3 is 9.47 Å². The van der Waals surface area contributed by atoms with Crippen LogP contribution in [-0.2, 0) is 7.05 Å². The van der Waals surface area contributed by atoms with Gasteiger partial charge in [-0.25, -0.2) is 18.7 Å². The minimum Gasteiger partial charge on any atom is -0.496 e. The highest BCUT2D eigenvalue weighted by atomic mass is 19.1. The molecule has 10 nitrogen and oxygen atoms in total. The Labute approximate surface area is 173 Å². The molecule has 0 atom stereocenters. The smallest absolute Gasteiger partial charge is 0.334 e. The Kier molecular flexibility index (Phi) is 4.17. The zero-order valence-corrected chi connectivity index (χ0v) is 16.8. The molecular weight excluding hydrogens is 405 g/mol. The molecule has 0 spiro atoms. The molecule has 1 aromatic carbocycles. The van der Waals surface area contributed by atoms with Crippen molar-refractivity contribution in [1.82, 2.24) is 34.5 Å². The zero-order valence-electron chi connectivity index (χ0n) is 16.8. The van der Waals surface area contributed by atoms with Crippen molar-refractivity contribution in [1.29, 1.82) is 0 Å². The number of ether oxygens (including phenoxy) is 2. The summed E-state index contributed by atoms with van der Waals surface area (Å²) in [5.41, 5.74) is 2.38. The highest BCUT2D eigenvalue weighted by molar-refractivity contribution is 6.05. The summed E-state index contributed by atoms with van der Waals surface area (Å²) in [7, 11) is 4.56. The quantitative estimate of drug-likeness (QED) is 0.473. The Hall–Kier alpha value is -4.28. The number of pyridine rings is 2. The minimum atomic E-state index is -0.689. The van der Waals surface area contributed by atoms with E-state index in [0.717, 1.165) is 0 Å². The highest BCUT2D eigenvalue weighted by Crippen LogP contribution is 2.35. The van der Waals surface area contributed by atoms with Gasteiger partial charge in [-0.15, -0.1) is 5.10 Å². The Morgan fingerprint density at radius 3 is 2.58 bits per heavy atom. The van der Waals surface area contributed by atoms with Gasteiger partial charge in [-0.2, -0.15) is 0 Å². The van der Waals surface area contributed by atoms with E-state index >= 15 is 0 Å². The van der Waals surface area contributed by atoms with E-state index in [1.165, 1.54) is 28.5 Å². The van der Waals surface area contributed by atoms with E-state index in [1.807, 2.05) is 0 Å². The van der Waals surface area contributed by atoms with Gasteiger partial charge in [-0.05, 0) is 6.07 Å². The Morgan fingerprint density at radius 2 is 1.90 bits per heavy atom. The Balaban J connectivity index is 1.92. The molecule has 0 bridgehead atoms. The molecule has 0 amide bonds. The summed E-state index contributed by atoms with van der Waals surface area (Å²) in [4.78, 5) is 21.7. The maximum absolute atomic E-state index is 14.9. The van der Waals surface area contributed by atoms with Crippen LogP contribution in [0.15, 0.2) is 41.6 Å². The van der Waals surface area contributed by atoms with Crippen molar-refractivity contribution in [3.05, 3.63) is 53.1 Å². The van der Waals surface area contributed by atoms with Crippen LogP contribution >= 0.6 is 0 Å². The van der Waals surface area contributed by atoms with Gasteiger partial charge in [-0.1, -0.05) is 5.21 Å². The number of nitrogens with one attached hydrogen (secondary N) is 1. The second-order valence-electron chi connectivity index (χ2n) is 6.79. The predicted octanol–water partition coefficient (Wildman–Crippen LogP) is 2.21. The largest absolute Gasteiger partial charge is 0.496 e. The van der Waals surface area contributed by atoms with Crippen LogP contribution in [0.4, 0.5) is 4.39 Å². The number of aryl methyl sites for hydroxylation is 1. The molecule has 31 heavy (non-hydrogen) atoms. The van der Waals surface area contributed by atoms with Crippen LogP contribution in [0.3, 0.4) is 0 Å². The van der Waals surface area contributed by atoms with Crippen molar-refractivity contribution < 1.29 is 13.9 Å². The topological polar surface area (TPSA) is 113 Å². The van der Waals surface area contributed by atoms with Crippen LogP contribution in [0.2, 0.25) is 0 Å². The molecule has 11 heteroatoms. The minimum absolute atomic E-state index is 0.135. The van der Waals surface area contributed by atoms with E-state index in [9.17, 15) is 9.18 Å². The Bertz CT molecular complexity index is 1510. The van der Waals surface area contributed by atoms with E-state index in [0.29, 0.717) is 38.9 Å².